The maximum atomic E-state index is 12.5. The van der Waals surface area contributed by atoms with E-state index in [0.717, 1.165) is 35.2 Å². The molecule has 5 rings (SSSR count). The van der Waals surface area contributed by atoms with Crippen molar-refractivity contribution in [1.29, 1.82) is 0 Å². The van der Waals surface area contributed by atoms with E-state index in [-0.39, 0.29) is 5.56 Å². The van der Waals surface area contributed by atoms with Gasteiger partial charge in [0.1, 0.15) is 10.7 Å². The predicted molar refractivity (Wildman–Crippen MR) is 111 cm³/mol. The van der Waals surface area contributed by atoms with Crippen LogP contribution in [0.1, 0.15) is 22.7 Å². The molecule has 1 aliphatic carbocycles. The highest BCUT2D eigenvalue weighted by Gasteiger charge is 2.20. The molecule has 2 heterocycles. The minimum atomic E-state index is -0.00405. The molecule has 0 amide bonds. The van der Waals surface area contributed by atoms with Crippen molar-refractivity contribution in [2.24, 2.45) is 0 Å². The molecule has 5 heteroatoms. The van der Waals surface area contributed by atoms with Gasteiger partial charge in [-0.15, -0.1) is 11.3 Å². The minimum absolute atomic E-state index is 0.00405. The van der Waals surface area contributed by atoms with E-state index in [4.69, 9.17) is 0 Å². The Morgan fingerprint density at radius 1 is 1.00 bits per heavy atom. The third kappa shape index (κ3) is 3.04. The molecule has 0 unspecified atom stereocenters. The van der Waals surface area contributed by atoms with Crippen LogP contribution in [0.15, 0.2) is 59.4 Å². The number of rotatable bonds is 4. The molecule has 134 valence electrons. The zero-order valence-corrected chi connectivity index (χ0v) is 15.6. The molecule has 0 atom stereocenters. The van der Waals surface area contributed by atoms with Crippen molar-refractivity contribution in [1.82, 2.24) is 9.97 Å². The first-order chi connectivity index (χ1) is 13.3. The highest BCUT2D eigenvalue weighted by molar-refractivity contribution is 7.18. The van der Waals surface area contributed by atoms with Crippen LogP contribution in [0, 0.1) is 0 Å². The van der Waals surface area contributed by atoms with Crippen molar-refractivity contribution in [3.63, 3.8) is 0 Å². The summed E-state index contributed by atoms with van der Waals surface area (Å²) >= 11 is 1.68. The fourth-order valence-electron chi connectivity index (χ4n) is 3.73. The fourth-order valence-corrected chi connectivity index (χ4v) is 5.01. The van der Waals surface area contributed by atoms with Crippen molar-refractivity contribution in [2.75, 3.05) is 5.32 Å². The molecule has 2 aromatic heterocycles. The second kappa shape index (κ2) is 6.67. The molecule has 0 saturated carbocycles. The van der Waals surface area contributed by atoms with Crippen LogP contribution in [0.4, 0.5) is 5.69 Å². The Hall–Kier alpha value is -2.92. The van der Waals surface area contributed by atoms with Gasteiger partial charge in [-0.25, -0.2) is 4.98 Å². The third-order valence-corrected chi connectivity index (χ3v) is 6.26. The van der Waals surface area contributed by atoms with Gasteiger partial charge in [0.2, 0.25) is 0 Å². The van der Waals surface area contributed by atoms with Crippen molar-refractivity contribution in [3.8, 4) is 11.1 Å². The summed E-state index contributed by atoms with van der Waals surface area (Å²) in [6.45, 7) is 0.498. The lowest BCUT2D eigenvalue weighted by atomic mass is 10.1. The molecule has 0 spiro atoms. The maximum absolute atomic E-state index is 12.5. The van der Waals surface area contributed by atoms with Gasteiger partial charge in [-0.3, -0.25) is 4.79 Å². The predicted octanol–water partition coefficient (Wildman–Crippen LogP) is 4.75. The van der Waals surface area contributed by atoms with Gasteiger partial charge in [0.05, 0.1) is 11.9 Å². The Bertz CT molecular complexity index is 1160. The lowest BCUT2D eigenvalue weighted by Gasteiger charge is -2.08. The summed E-state index contributed by atoms with van der Waals surface area (Å²) in [7, 11) is 0. The van der Waals surface area contributed by atoms with Crippen LogP contribution >= 0.6 is 11.3 Å². The summed E-state index contributed by atoms with van der Waals surface area (Å²) in [6.07, 6.45) is 3.24. The number of nitrogens with zero attached hydrogens (tertiary/aromatic N) is 1. The molecule has 1 aliphatic rings. The topological polar surface area (TPSA) is 57.8 Å². The molecule has 0 radical (unpaired) electrons. The molecule has 4 nitrogen and oxygen atoms in total. The highest BCUT2D eigenvalue weighted by Crippen LogP contribution is 2.34. The molecule has 4 aromatic rings. The van der Waals surface area contributed by atoms with E-state index < -0.39 is 0 Å². The quantitative estimate of drug-likeness (QED) is 0.543. The van der Waals surface area contributed by atoms with E-state index in [9.17, 15) is 4.79 Å². The number of aromatic amines is 1. The summed E-state index contributed by atoms with van der Waals surface area (Å²) in [5.74, 6) is 0.680. The standard InChI is InChI=1S/C22H19N3OS/c26-21-20-17-7-4-8-18(17)27-22(20)25-19(24-21)13-23-16-11-9-15(10-12-16)14-5-2-1-3-6-14/h1-3,5-6,9-12,23H,4,7-8,13H2,(H,24,25,26). The monoisotopic (exact) mass is 373 g/mol. The number of anilines is 1. The second-order valence-electron chi connectivity index (χ2n) is 6.85. The first kappa shape index (κ1) is 16.3. The van der Waals surface area contributed by atoms with Crippen molar-refractivity contribution >= 4 is 27.2 Å². The number of H-pyrrole nitrogens is 1. The number of benzene rings is 2. The number of hydrogen-bond donors (Lipinski definition) is 2. The Kier molecular flexibility index (Phi) is 4.02. The second-order valence-corrected chi connectivity index (χ2v) is 7.93. The van der Waals surface area contributed by atoms with Gasteiger partial charge < -0.3 is 10.3 Å². The number of thiophene rings is 1. The maximum Gasteiger partial charge on any atom is 0.259 e. The van der Waals surface area contributed by atoms with Gasteiger partial charge in [0.25, 0.3) is 5.56 Å². The molecular weight excluding hydrogens is 354 g/mol. The summed E-state index contributed by atoms with van der Waals surface area (Å²) in [4.78, 5) is 22.4. The molecule has 0 fully saturated rings. The number of aryl methyl sites for hydroxylation is 2. The molecule has 0 saturated heterocycles. The molecular formula is C22H19N3OS. The number of hydrogen-bond acceptors (Lipinski definition) is 4. The average molecular weight is 373 g/mol. The highest BCUT2D eigenvalue weighted by atomic mass is 32.1. The van der Waals surface area contributed by atoms with E-state index in [0.29, 0.717) is 12.4 Å². The summed E-state index contributed by atoms with van der Waals surface area (Å²) in [5.41, 5.74) is 4.61. The van der Waals surface area contributed by atoms with Crippen molar-refractivity contribution < 1.29 is 0 Å². The van der Waals surface area contributed by atoms with E-state index in [1.54, 1.807) is 11.3 Å². The average Bonchev–Trinajstić information content (AvgIpc) is 3.28. The van der Waals surface area contributed by atoms with Crippen LogP contribution in [0.5, 0.6) is 0 Å². The lowest BCUT2D eigenvalue weighted by molar-refractivity contribution is 0.914. The Morgan fingerprint density at radius 2 is 1.78 bits per heavy atom. The van der Waals surface area contributed by atoms with Crippen LogP contribution in [0.25, 0.3) is 21.3 Å². The van der Waals surface area contributed by atoms with Gasteiger partial charge in [0, 0.05) is 10.6 Å². The molecule has 2 N–H and O–H groups in total. The molecule has 27 heavy (non-hydrogen) atoms. The Morgan fingerprint density at radius 3 is 2.59 bits per heavy atom. The van der Waals surface area contributed by atoms with Crippen molar-refractivity contribution in [2.45, 2.75) is 25.8 Å². The first-order valence-corrected chi connectivity index (χ1v) is 10.0. The normalized spacial score (nSPS) is 13.0. The van der Waals surface area contributed by atoms with Crippen LogP contribution in [0.3, 0.4) is 0 Å². The number of fused-ring (bicyclic) bond motifs is 3. The zero-order valence-electron chi connectivity index (χ0n) is 14.8. The largest absolute Gasteiger partial charge is 0.378 e. The zero-order chi connectivity index (χ0) is 18.2. The van der Waals surface area contributed by atoms with Crippen molar-refractivity contribution in [3.05, 3.63) is 81.2 Å². The van der Waals surface area contributed by atoms with Crippen LogP contribution in [-0.2, 0) is 19.4 Å². The van der Waals surface area contributed by atoms with Gasteiger partial charge in [-0.2, -0.15) is 0 Å². The smallest absolute Gasteiger partial charge is 0.259 e. The Balaban J connectivity index is 1.35. The fraction of sp³-hybridized carbons (Fsp3) is 0.182. The molecule has 0 aliphatic heterocycles. The van der Waals surface area contributed by atoms with Gasteiger partial charge >= 0.3 is 0 Å². The van der Waals surface area contributed by atoms with Gasteiger partial charge in [0.15, 0.2) is 0 Å². The summed E-state index contributed by atoms with van der Waals surface area (Å²) < 4.78 is 0. The van der Waals surface area contributed by atoms with Crippen LogP contribution in [-0.4, -0.2) is 9.97 Å². The van der Waals surface area contributed by atoms with E-state index in [2.05, 4.69) is 51.7 Å². The Labute approximate surface area is 160 Å². The number of aromatic nitrogens is 2. The van der Waals surface area contributed by atoms with Crippen LogP contribution in [0.2, 0.25) is 0 Å². The van der Waals surface area contributed by atoms with E-state index in [1.165, 1.54) is 21.6 Å². The molecule has 2 aromatic carbocycles. The summed E-state index contributed by atoms with van der Waals surface area (Å²) in [5, 5.41) is 4.16. The third-order valence-electron chi connectivity index (χ3n) is 5.08. The lowest BCUT2D eigenvalue weighted by Crippen LogP contribution is -2.14. The van der Waals surface area contributed by atoms with Crippen LogP contribution < -0.4 is 10.9 Å². The number of nitrogens with one attached hydrogen (secondary N) is 2. The first-order valence-electron chi connectivity index (χ1n) is 9.21. The van der Waals surface area contributed by atoms with E-state index >= 15 is 0 Å². The summed E-state index contributed by atoms with van der Waals surface area (Å²) in [6, 6.07) is 18.6. The minimum Gasteiger partial charge on any atom is -0.378 e. The molecule has 0 bridgehead atoms. The van der Waals surface area contributed by atoms with Gasteiger partial charge in [-0.05, 0) is 48.1 Å². The SMILES string of the molecule is O=c1[nH]c(CNc2ccc(-c3ccccc3)cc2)nc2sc3c(c12)CCC3. The van der Waals surface area contributed by atoms with Gasteiger partial charge in [-0.1, -0.05) is 42.5 Å². The van der Waals surface area contributed by atoms with E-state index in [1.807, 2.05) is 18.2 Å².